The van der Waals surface area contributed by atoms with Gasteiger partial charge in [-0.05, 0) is 47.7 Å². The lowest BCUT2D eigenvalue weighted by atomic mass is 9.98. The third kappa shape index (κ3) is 5.55. The van der Waals surface area contributed by atoms with Crippen LogP contribution in [0.5, 0.6) is 0 Å². The fraction of sp³-hybridized carbons (Fsp3) is 0.269. The van der Waals surface area contributed by atoms with E-state index in [4.69, 9.17) is 0 Å². The van der Waals surface area contributed by atoms with Gasteiger partial charge in [0.25, 0.3) is 0 Å². The standard InChI is InChI=1S/C26H27FN2O3S/c1-19-14-22(21-10-6-3-7-11-21)15-24(26(19)27)25(30)16-28-33(31,32)23-17-29(18-23)13-12-20-8-4-2-5-9-20/h2-11,14-15,23,28H,12-13,16-18H2,1H3. The van der Waals surface area contributed by atoms with E-state index in [-0.39, 0.29) is 5.56 Å². The van der Waals surface area contributed by atoms with Gasteiger partial charge in [-0.3, -0.25) is 4.79 Å². The smallest absolute Gasteiger partial charge is 0.217 e. The molecule has 5 nitrogen and oxygen atoms in total. The van der Waals surface area contributed by atoms with Gasteiger partial charge in [0.1, 0.15) is 11.1 Å². The second-order valence-corrected chi connectivity index (χ2v) is 10.5. The van der Waals surface area contributed by atoms with Gasteiger partial charge in [0, 0.05) is 19.6 Å². The predicted molar refractivity (Wildman–Crippen MR) is 128 cm³/mol. The first-order chi connectivity index (χ1) is 15.8. The van der Waals surface area contributed by atoms with Gasteiger partial charge in [-0.25, -0.2) is 17.5 Å². The number of carbonyl (C=O) groups excluding carboxylic acids is 1. The summed E-state index contributed by atoms with van der Waals surface area (Å²) in [6, 6.07) is 22.6. The zero-order valence-corrected chi connectivity index (χ0v) is 19.3. The van der Waals surface area contributed by atoms with Crippen molar-refractivity contribution in [1.82, 2.24) is 9.62 Å². The van der Waals surface area contributed by atoms with Gasteiger partial charge in [0.2, 0.25) is 10.0 Å². The minimum Gasteiger partial charge on any atom is -0.300 e. The predicted octanol–water partition coefficient (Wildman–Crippen LogP) is 3.83. The molecule has 1 heterocycles. The number of likely N-dealkylation sites (tertiary alicyclic amines) is 1. The number of carbonyl (C=O) groups is 1. The summed E-state index contributed by atoms with van der Waals surface area (Å²) < 4.78 is 42.3. The number of aryl methyl sites for hydroxylation is 1. The molecule has 4 rings (SSSR count). The van der Waals surface area contributed by atoms with E-state index in [0.717, 1.165) is 18.5 Å². The fourth-order valence-electron chi connectivity index (χ4n) is 3.98. The van der Waals surface area contributed by atoms with Crippen molar-refractivity contribution in [3.63, 3.8) is 0 Å². The van der Waals surface area contributed by atoms with Gasteiger partial charge in [-0.15, -0.1) is 0 Å². The zero-order chi connectivity index (χ0) is 23.4. The number of rotatable bonds is 9. The van der Waals surface area contributed by atoms with Crippen molar-refractivity contribution in [2.75, 3.05) is 26.2 Å². The van der Waals surface area contributed by atoms with Crippen LogP contribution < -0.4 is 4.72 Å². The molecule has 1 saturated heterocycles. The number of Topliss-reactive ketones (excluding diaryl/α,β-unsaturated/α-hetero) is 1. The van der Waals surface area contributed by atoms with E-state index >= 15 is 0 Å². The number of ketones is 1. The van der Waals surface area contributed by atoms with Crippen molar-refractivity contribution in [3.05, 3.63) is 95.3 Å². The van der Waals surface area contributed by atoms with Crippen LogP contribution in [0.1, 0.15) is 21.5 Å². The molecule has 1 aliphatic rings. The van der Waals surface area contributed by atoms with Gasteiger partial charge >= 0.3 is 0 Å². The van der Waals surface area contributed by atoms with Gasteiger partial charge in [0.15, 0.2) is 5.78 Å². The average molecular weight is 467 g/mol. The van der Waals surface area contributed by atoms with Crippen LogP contribution in [-0.2, 0) is 16.4 Å². The molecule has 0 radical (unpaired) electrons. The van der Waals surface area contributed by atoms with Crippen molar-refractivity contribution in [3.8, 4) is 11.1 Å². The second kappa shape index (κ2) is 9.95. The normalized spacial score (nSPS) is 14.7. The van der Waals surface area contributed by atoms with Crippen molar-refractivity contribution >= 4 is 15.8 Å². The summed E-state index contributed by atoms with van der Waals surface area (Å²) in [4.78, 5) is 14.8. The highest BCUT2D eigenvalue weighted by Crippen LogP contribution is 2.25. The van der Waals surface area contributed by atoms with Crippen molar-refractivity contribution in [1.29, 1.82) is 0 Å². The van der Waals surface area contributed by atoms with E-state index < -0.39 is 33.4 Å². The van der Waals surface area contributed by atoms with E-state index in [0.29, 0.717) is 24.2 Å². The summed E-state index contributed by atoms with van der Waals surface area (Å²) >= 11 is 0. The Labute approximate surface area is 194 Å². The van der Waals surface area contributed by atoms with Gasteiger partial charge < -0.3 is 4.90 Å². The molecule has 3 aromatic carbocycles. The molecule has 0 bridgehead atoms. The fourth-order valence-corrected chi connectivity index (χ4v) is 5.36. The minimum atomic E-state index is -3.66. The number of sulfonamides is 1. The highest BCUT2D eigenvalue weighted by atomic mass is 32.2. The molecule has 7 heteroatoms. The van der Waals surface area contributed by atoms with Crippen molar-refractivity contribution < 1.29 is 17.6 Å². The third-order valence-electron chi connectivity index (χ3n) is 6.02. The molecule has 1 aliphatic heterocycles. The summed E-state index contributed by atoms with van der Waals surface area (Å²) in [5, 5.41) is -0.566. The summed E-state index contributed by atoms with van der Waals surface area (Å²) in [6.07, 6.45) is 0.857. The van der Waals surface area contributed by atoms with Crippen LogP contribution in [0.2, 0.25) is 0 Å². The van der Waals surface area contributed by atoms with Crippen LogP contribution in [0.15, 0.2) is 72.8 Å². The molecule has 0 aromatic heterocycles. The summed E-state index contributed by atoms with van der Waals surface area (Å²) in [5.41, 5.74) is 3.03. The maximum Gasteiger partial charge on any atom is 0.217 e. The molecule has 0 aliphatic carbocycles. The highest BCUT2D eigenvalue weighted by Gasteiger charge is 2.37. The summed E-state index contributed by atoms with van der Waals surface area (Å²) in [6.45, 7) is 2.77. The lowest BCUT2D eigenvalue weighted by molar-refractivity contribution is 0.0992. The van der Waals surface area contributed by atoms with E-state index in [1.54, 1.807) is 13.0 Å². The molecule has 0 saturated carbocycles. The zero-order valence-electron chi connectivity index (χ0n) is 18.5. The van der Waals surface area contributed by atoms with Crippen LogP contribution in [0.3, 0.4) is 0 Å². The highest BCUT2D eigenvalue weighted by molar-refractivity contribution is 7.90. The first-order valence-electron chi connectivity index (χ1n) is 11.0. The molecule has 0 spiro atoms. The quantitative estimate of drug-likeness (QED) is 0.487. The molecule has 1 fully saturated rings. The minimum absolute atomic E-state index is 0.102. The Bertz CT molecular complexity index is 1230. The maximum absolute atomic E-state index is 14.7. The maximum atomic E-state index is 14.7. The number of halogens is 1. The van der Waals surface area contributed by atoms with Crippen LogP contribution >= 0.6 is 0 Å². The van der Waals surface area contributed by atoms with Gasteiger partial charge in [0.05, 0.1) is 12.1 Å². The number of nitrogens with one attached hydrogen (secondary N) is 1. The Balaban J connectivity index is 1.34. The molecule has 0 unspecified atom stereocenters. The Hall–Kier alpha value is -2.87. The van der Waals surface area contributed by atoms with Crippen LogP contribution in [0.4, 0.5) is 4.39 Å². The summed E-state index contributed by atoms with van der Waals surface area (Å²) in [7, 11) is -3.66. The van der Waals surface area contributed by atoms with E-state index in [1.165, 1.54) is 11.6 Å². The first-order valence-corrected chi connectivity index (χ1v) is 12.5. The average Bonchev–Trinajstić information content (AvgIpc) is 2.79. The Morgan fingerprint density at radius 3 is 2.30 bits per heavy atom. The number of hydrogen-bond donors (Lipinski definition) is 1. The van der Waals surface area contributed by atoms with E-state index in [1.807, 2.05) is 48.5 Å². The third-order valence-corrected chi connectivity index (χ3v) is 7.74. The molecule has 3 aromatic rings. The topological polar surface area (TPSA) is 66.5 Å². The van der Waals surface area contributed by atoms with Gasteiger partial charge in [-0.2, -0.15) is 0 Å². The Morgan fingerprint density at radius 2 is 1.64 bits per heavy atom. The Kier molecular flexibility index (Phi) is 7.02. The van der Waals surface area contributed by atoms with Crippen molar-refractivity contribution in [2.45, 2.75) is 18.6 Å². The van der Waals surface area contributed by atoms with Crippen LogP contribution in [-0.4, -0.2) is 50.5 Å². The van der Waals surface area contributed by atoms with E-state index in [2.05, 4.69) is 21.8 Å². The van der Waals surface area contributed by atoms with Gasteiger partial charge in [-0.1, -0.05) is 60.7 Å². The SMILES string of the molecule is Cc1cc(-c2ccccc2)cc(C(=O)CNS(=O)(=O)C2CN(CCc3ccccc3)C2)c1F. The summed E-state index contributed by atoms with van der Waals surface area (Å²) in [5.74, 6) is -1.20. The molecule has 0 amide bonds. The molecular formula is C26H27FN2O3S. The molecule has 0 atom stereocenters. The monoisotopic (exact) mass is 466 g/mol. The van der Waals surface area contributed by atoms with Crippen LogP contribution in [0, 0.1) is 12.7 Å². The largest absolute Gasteiger partial charge is 0.300 e. The second-order valence-electron chi connectivity index (χ2n) is 8.43. The molecule has 1 N–H and O–H groups in total. The molecule has 172 valence electrons. The van der Waals surface area contributed by atoms with E-state index in [9.17, 15) is 17.6 Å². The lowest BCUT2D eigenvalue weighted by Gasteiger charge is -2.38. The number of hydrogen-bond acceptors (Lipinski definition) is 4. The number of nitrogens with zero attached hydrogens (tertiary/aromatic N) is 1. The van der Waals surface area contributed by atoms with Crippen molar-refractivity contribution in [2.24, 2.45) is 0 Å². The lowest BCUT2D eigenvalue weighted by Crippen LogP contribution is -2.58. The molecular weight excluding hydrogens is 439 g/mol. The first kappa shape index (κ1) is 23.3. The van der Waals surface area contributed by atoms with Crippen LogP contribution in [0.25, 0.3) is 11.1 Å². The number of benzene rings is 3. The Morgan fingerprint density at radius 1 is 1.00 bits per heavy atom. The molecule has 33 heavy (non-hydrogen) atoms.